The minimum atomic E-state index is -3.84. The number of para-hydroxylation sites is 1. The first-order valence-electron chi connectivity index (χ1n) is 8.19. The number of anilines is 1. The Kier molecular flexibility index (Phi) is 6.36. The normalized spacial score (nSPS) is 11.1. The highest BCUT2D eigenvalue weighted by Gasteiger charge is 2.21. The van der Waals surface area contributed by atoms with Crippen molar-refractivity contribution in [2.45, 2.75) is 10.8 Å². The predicted octanol–water partition coefficient (Wildman–Crippen LogP) is 3.77. The fraction of sp³-hybridized carbons (Fsp3) is 0.0526. The lowest BCUT2D eigenvalue weighted by atomic mass is 10.1. The van der Waals surface area contributed by atoms with Gasteiger partial charge in [0.1, 0.15) is 10.8 Å². The molecule has 0 aliphatic heterocycles. The molecule has 2 aromatic carbocycles. The van der Waals surface area contributed by atoms with E-state index in [1.807, 2.05) is 0 Å². The van der Waals surface area contributed by atoms with Crippen molar-refractivity contribution in [3.8, 4) is 0 Å². The Morgan fingerprint density at radius 2 is 1.72 bits per heavy atom. The van der Waals surface area contributed by atoms with Crippen molar-refractivity contribution >= 4 is 54.9 Å². The zero-order valence-corrected chi connectivity index (χ0v) is 18.0. The Hall–Kier alpha value is -2.69. The maximum atomic E-state index is 12.5. The summed E-state index contributed by atoms with van der Waals surface area (Å²) < 4.78 is 33.6. The summed E-state index contributed by atoms with van der Waals surface area (Å²) in [4.78, 5) is 23.6. The number of amides is 1. The number of halogens is 1. The number of rotatable bonds is 7. The van der Waals surface area contributed by atoms with Gasteiger partial charge in [0, 0.05) is 5.56 Å². The van der Waals surface area contributed by atoms with Crippen molar-refractivity contribution in [3.63, 3.8) is 0 Å². The molecule has 0 saturated heterocycles. The van der Waals surface area contributed by atoms with Gasteiger partial charge in [-0.2, -0.15) is 0 Å². The van der Waals surface area contributed by atoms with E-state index in [9.17, 15) is 18.0 Å². The van der Waals surface area contributed by atoms with Gasteiger partial charge in [0.2, 0.25) is 5.91 Å². The van der Waals surface area contributed by atoms with Crippen molar-refractivity contribution in [1.82, 2.24) is 0 Å². The van der Waals surface area contributed by atoms with Crippen LogP contribution in [0, 0.1) is 0 Å². The van der Waals surface area contributed by atoms with Crippen LogP contribution in [0.1, 0.15) is 26.3 Å². The van der Waals surface area contributed by atoms with Crippen LogP contribution in [-0.4, -0.2) is 20.3 Å². The monoisotopic (exact) mass is 494 g/mol. The molecule has 0 spiro atoms. The van der Waals surface area contributed by atoms with Gasteiger partial charge in [-0.15, -0.1) is 11.3 Å². The van der Waals surface area contributed by atoms with E-state index in [1.54, 1.807) is 30.3 Å². The summed E-state index contributed by atoms with van der Waals surface area (Å²) in [5, 5.41) is 0. The van der Waals surface area contributed by atoms with Crippen LogP contribution in [0.15, 0.2) is 68.7 Å². The highest BCUT2D eigenvalue weighted by Crippen LogP contribution is 2.28. The Bertz CT molecular complexity index is 1160. The second kappa shape index (κ2) is 8.76. The van der Waals surface area contributed by atoms with Gasteiger partial charge in [-0.3, -0.25) is 9.52 Å². The first kappa shape index (κ1) is 21.0. The zero-order chi connectivity index (χ0) is 21.0. The molecule has 0 radical (unpaired) electrons. The molecule has 1 aromatic heterocycles. The van der Waals surface area contributed by atoms with Crippen LogP contribution < -0.4 is 10.5 Å². The summed E-state index contributed by atoms with van der Waals surface area (Å²) in [6, 6.07) is 15.6. The standard InChI is InChI=1S/C19H15BrN2O5S2/c20-16-9-10-17(28-16)29(25,26)22-15-4-2-1-3-14(15)19(24)27-11-12-5-7-13(8-6-12)18(21)23/h1-10,22H,11H2,(H2,21,23). The summed E-state index contributed by atoms with van der Waals surface area (Å²) in [6.45, 7) is -0.0448. The molecule has 0 bridgehead atoms. The second-order valence-corrected chi connectivity index (χ2v) is 10.2. The lowest BCUT2D eigenvalue weighted by molar-refractivity contribution is 0.0473. The lowest BCUT2D eigenvalue weighted by Gasteiger charge is -2.11. The van der Waals surface area contributed by atoms with Gasteiger partial charge in [-0.05, 0) is 57.9 Å². The molecule has 3 aromatic rings. The molecule has 0 aliphatic carbocycles. The molecule has 150 valence electrons. The molecule has 3 rings (SSSR count). The fourth-order valence-electron chi connectivity index (χ4n) is 2.38. The minimum Gasteiger partial charge on any atom is -0.457 e. The van der Waals surface area contributed by atoms with Gasteiger partial charge in [0.15, 0.2) is 0 Å². The molecule has 0 fully saturated rings. The molecule has 0 aliphatic rings. The highest BCUT2D eigenvalue weighted by atomic mass is 79.9. The zero-order valence-electron chi connectivity index (χ0n) is 14.8. The van der Waals surface area contributed by atoms with E-state index >= 15 is 0 Å². The number of ether oxygens (including phenoxy) is 1. The molecular weight excluding hydrogens is 480 g/mol. The average Bonchev–Trinajstić information content (AvgIpc) is 3.14. The van der Waals surface area contributed by atoms with Crippen LogP contribution in [0.5, 0.6) is 0 Å². The summed E-state index contributed by atoms with van der Waals surface area (Å²) in [5.41, 5.74) is 6.40. The number of carbonyl (C=O) groups excluding carboxylic acids is 2. The maximum absolute atomic E-state index is 12.5. The van der Waals surface area contributed by atoms with Crippen molar-refractivity contribution in [1.29, 1.82) is 0 Å². The third kappa shape index (κ3) is 5.22. The van der Waals surface area contributed by atoms with Crippen molar-refractivity contribution in [3.05, 3.63) is 81.1 Å². The molecule has 0 saturated carbocycles. The van der Waals surface area contributed by atoms with E-state index in [1.165, 1.54) is 30.3 Å². The number of primary amides is 1. The van der Waals surface area contributed by atoms with E-state index in [0.29, 0.717) is 14.9 Å². The lowest BCUT2D eigenvalue weighted by Crippen LogP contribution is -2.15. The summed E-state index contributed by atoms with van der Waals surface area (Å²) >= 11 is 4.29. The highest BCUT2D eigenvalue weighted by molar-refractivity contribution is 9.11. The number of hydrogen-bond acceptors (Lipinski definition) is 6. The van der Waals surface area contributed by atoms with Crippen LogP contribution in [0.4, 0.5) is 5.69 Å². The largest absolute Gasteiger partial charge is 0.457 e. The number of thiophene rings is 1. The molecule has 1 heterocycles. The SMILES string of the molecule is NC(=O)c1ccc(COC(=O)c2ccccc2NS(=O)(=O)c2ccc(Br)s2)cc1. The molecule has 10 heteroatoms. The van der Waals surface area contributed by atoms with Crippen LogP contribution in [0.3, 0.4) is 0 Å². The summed E-state index contributed by atoms with van der Waals surface area (Å²) in [7, 11) is -3.84. The van der Waals surface area contributed by atoms with Gasteiger partial charge >= 0.3 is 5.97 Å². The third-order valence-electron chi connectivity index (χ3n) is 3.81. The molecular formula is C19H15BrN2O5S2. The number of hydrogen-bond donors (Lipinski definition) is 2. The average molecular weight is 495 g/mol. The van der Waals surface area contributed by atoms with Crippen LogP contribution >= 0.6 is 27.3 Å². The number of carbonyl (C=O) groups is 2. The van der Waals surface area contributed by atoms with E-state index in [4.69, 9.17) is 10.5 Å². The third-order valence-corrected chi connectivity index (χ3v) is 7.29. The number of benzene rings is 2. The van der Waals surface area contributed by atoms with E-state index in [2.05, 4.69) is 20.7 Å². The van der Waals surface area contributed by atoms with Crippen LogP contribution in [0.2, 0.25) is 0 Å². The summed E-state index contributed by atoms with van der Waals surface area (Å²) in [6.07, 6.45) is 0. The number of nitrogens with one attached hydrogen (secondary N) is 1. The fourth-order valence-corrected chi connectivity index (χ4v) is 5.47. The molecule has 0 atom stereocenters. The van der Waals surface area contributed by atoms with Gasteiger partial charge in [-0.25, -0.2) is 13.2 Å². The quantitative estimate of drug-likeness (QED) is 0.485. The Labute approximate surface area is 179 Å². The van der Waals surface area contributed by atoms with E-state index in [-0.39, 0.29) is 22.1 Å². The van der Waals surface area contributed by atoms with Crippen molar-refractivity contribution in [2.24, 2.45) is 5.73 Å². The number of nitrogens with two attached hydrogens (primary N) is 1. The van der Waals surface area contributed by atoms with Crippen LogP contribution in [0.25, 0.3) is 0 Å². The first-order valence-corrected chi connectivity index (χ1v) is 11.3. The van der Waals surface area contributed by atoms with Crippen LogP contribution in [-0.2, 0) is 21.4 Å². The second-order valence-electron chi connectivity index (χ2n) is 5.85. The van der Waals surface area contributed by atoms with E-state index < -0.39 is 21.9 Å². The Balaban J connectivity index is 1.74. The summed E-state index contributed by atoms with van der Waals surface area (Å²) in [5.74, 6) is -1.23. The van der Waals surface area contributed by atoms with Crippen molar-refractivity contribution in [2.75, 3.05) is 4.72 Å². The van der Waals surface area contributed by atoms with Gasteiger partial charge in [-0.1, -0.05) is 24.3 Å². The molecule has 29 heavy (non-hydrogen) atoms. The Morgan fingerprint density at radius 1 is 1.03 bits per heavy atom. The molecule has 0 unspecified atom stereocenters. The van der Waals surface area contributed by atoms with Crippen molar-refractivity contribution < 1.29 is 22.7 Å². The predicted molar refractivity (Wildman–Crippen MR) is 113 cm³/mol. The minimum absolute atomic E-state index is 0.0448. The smallest absolute Gasteiger partial charge is 0.340 e. The molecule has 1 amide bonds. The number of sulfonamides is 1. The topological polar surface area (TPSA) is 116 Å². The first-order chi connectivity index (χ1) is 13.8. The van der Waals surface area contributed by atoms with E-state index in [0.717, 1.165) is 11.3 Å². The molecule has 7 nitrogen and oxygen atoms in total. The van der Waals surface area contributed by atoms with Gasteiger partial charge in [0.05, 0.1) is 15.0 Å². The Morgan fingerprint density at radius 3 is 2.34 bits per heavy atom. The van der Waals surface area contributed by atoms with Gasteiger partial charge < -0.3 is 10.5 Å². The van der Waals surface area contributed by atoms with Gasteiger partial charge in [0.25, 0.3) is 10.0 Å². The maximum Gasteiger partial charge on any atom is 0.340 e. The molecule has 3 N–H and O–H groups in total. The number of esters is 1.